The Morgan fingerprint density at radius 3 is 2.70 bits per heavy atom. The second-order valence-corrected chi connectivity index (χ2v) is 7.56. The number of ether oxygens (including phenoxy) is 2. The average Bonchev–Trinajstić information content (AvgIpc) is 3.14. The van der Waals surface area contributed by atoms with E-state index in [4.69, 9.17) is 9.47 Å². The maximum Gasteiger partial charge on any atom is 0.214 e. The highest BCUT2D eigenvalue weighted by Crippen LogP contribution is 2.30. The number of pyridine rings is 1. The van der Waals surface area contributed by atoms with Crippen molar-refractivity contribution in [2.24, 2.45) is 0 Å². The van der Waals surface area contributed by atoms with Crippen molar-refractivity contribution in [3.63, 3.8) is 0 Å². The number of carbonyl (C=O) groups excluding carboxylic acids is 1. The number of rotatable bonds is 5. The van der Waals surface area contributed by atoms with Crippen molar-refractivity contribution in [2.45, 2.75) is 50.7 Å². The van der Waals surface area contributed by atoms with E-state index in [0.29, 0.717) is 5.52 Å². The van der Waals surface area contributed by atoms with Crippen molar-refractivity contribution >= 4 is 27.6 Å². The maximum atomic E-state index is 13.2. The number of Topliss-reactive ketones (excluding diaryl/α,β-unsaturated/α-hetero) is 1. The van der Waals surface area contributed by atoms with E-state index >= 15 is 0 Å². The summed E-state index contributed by atoms with van der Waals surface area (Å²) in [5.41, 5.74) is 2.34. The molecule has 0 bridgehead atoms. The van der Waals surface area contributed by atoms with Crippen LogP contribution in [0.1, 0.15) is 23.0 Å². The lowest BCUT2D eigenvalue weighted by atomic mass is 10.00. The molecule has 1 saturated heterocycles. The number of carbonyl (C=O) groups is 1. The highest BCUT2D eigenvalue weighted by Gasteiger charge is 2.44. The van der Waals surface area contributed by atoms with Crippen molar-refractivity contribution in [3.05, 3.63) is 41.7 Å². The fraction of sp³-hybridized carbons (Fsp3) is 0.429. The summed E-state index contributed by atoms with van der Waals surface area (Å²) in [4.78, 5) is 20.6. The number of hydrogen-bond donors (Lipinski definition) is 5. The zero-order valence-corrected chi connectivity index (χ0v) is 16.5. The minimum Gasteiger partial charge on any atom is -0.393 e. The minimum absolute atomic E-state index is 0.0878. The second-order valence-electron chi connectivity index (χ2n) is 7.56. The zero-order valence-electron chi connectivity index (χ0n) is 16.5. The molecule has 3 aromatic rings. The predicted octanol–water partition coefficient (Wildman–Crippen LogP) is 0.412. The summed E-state index contributed by atoms with van der Waals surface area (Å²) >= 11 is 0. The first kappa shape index (κ1) is 20.9. The van der Waals surface area contributed by atoms with Gasteiger partial charge in [0, 0.05) is 22.5 Å². The Labute approximate surface area is 171 Å². The lowest BCUT2D eigenvalue weighted by Crippen LogP contribution is -2.58. The number of fused-ring (bicyclic) bond motifs is 3. The zero-order chi connectivity index (χ0) is 21.6. The van der Waals surface area contributed by atoms with Gasteiger partial charge in [-0.05, 0) is 25.5 Å². The van der Waals surface area contributed by atoms with Crippen LogP contribution in [-0.2, 0) is 9.47 Å². The van der Waals surface area contributed by atoms with Gasteiger partial charge in [0.1, 0.15) is 30.1 Å². The normalized spacial score (nSPS) is 28.1. The third kappa shape index (κ3) is 3.39. The van der Waals surface area contributed by atoms with Gasteiger partial charge in [0.05, 0.1) is 18.2 Å². The number of aromatic amines is 1. The summed E-state index contributed by atoms with van der Waals surface area (Å²) in [6.45, 7) is 2.71. The summed E-state index contributed by atoms with van der Waals surface area (Å²) in [5, 5.41) is 41.5. The monoisotopic (exact) mass is 416 g/mol. The van der Waals surface area contributed by atoms with Crippen LogP contribution >= 0.6 is 0 Å². The van der Waals surface area contributed by atoms with E-state index in [-0.39, 0.29) is 5.69 Å². The first-order chi connectivity index (χ1) is 14.3. The number of nitrogens with zero attached hydrogens (tertiary/aromatic N) is 1. The number of aromatic nitrogens is 2. The fourth-order valence-electron chi connectivity index (χ4n) is 3.83. The van der Waals surface area contributed by atoms with E-state index in [1.165, 1.54) is 6.92 Å². The third-order valence-corrected chi connectivity index (χ3v) is 5.52. The fourth-order valence-corrected chi connectivity index (χ4v) is 3.83. The molecule has 0 amide bonds. The van der Waals surface area contributed by atoms with Crippen molar-refractivity contribution in [2.75, 3.05) is 6.61 Å². The van der Waals surface area contributed by atoms with Gasteiger partial charge in [0.25, 0.3) is 0 Å². The molecule has 1 aliphatic heterocycles. The standard InChI is InChI=1S/C21H24N2O7/c1-9-7-22-16(15-14(9)11-5-3-4-6-12(11)23-15)18(26)13(8-24)30-21-20(28)19(27)17(25)10(2)29-21/h3-7,10,13,17,19-21,23-25,27-28H,8H2,1-2H3. The number of ketones is 1. The second kappa shape index (κ2) is 8.03. The summed E-state index contributed by atoms with van der Waals surface area (Å²) in [6, 6.07) is 7.61. The summed E-state index contributed by atoms with van der Waals surface area (Å²) in [6.07, 6.45) is -6.43. The number of benzene rings is 1. The molecule has 0 saturated carbocycles. The molecule has 5 N–H and O–H groups in total. The van der Waals surface area contributed by atoms with Gasteiger partial charge in [-0.3, -0.25) is 9.78 Å². The highest BCUT2D eigenvalue weighted by molar-refractivity contribution is 6.16. The number of nitrogens with one attached hydrogen (secondary N) is 1. The number of aliphatic hydroxyl groups excluding tert-OH is 4. The van der Waals surface area contributed by atoms with Crippen LogP contribution in [0, 0.1) is 6.92 Å². The van der Waals surface area contributed by atoms with E-state index in [2.05, 4.69) is 9.97 Å². The Morgan fingerprint density at radius 2 is 1.97 bits per heavy atom. The van der Waals surface area contributed by atoms with Gasteiger partial charge in [-0.15, -0.1) is 0 Å². The number of H-pyrrole nitrogens is 1. The van der Waals surface area contributed by atoms with Crippen LogP contribution in [0.5, 0.6) is 0 Å². The Hall–Kier alpha value is -2.40. The molecule has 9 nitrogen and oxygen atoms in total. The number of hydrogen-bond acceptors (Lipinski definition) is 8. The highest BCUT2D eigenvalue weighted by atomic mass is 16.7. The van der Waals surface area contributed by atoms with Crippen LogP contribution in [0.25, 0.3) is 21.8 Å². The molecular formula is C21H24N2O7. The van der Waals surface area contributed by atoms with Crippen LogP contribution in [0.15, 0.2) is 30.5 Å². The molecule has 1 aromatic carbocycles. The van der Waals surface area contributed by atoms with Crippen molar-refractivity contribution in [1.82, 2.24) is 9.97 Å². The molecular weight excluding hydrogens is 392 g/mol. The summed E-state index contributed by atoms with van der Waals surface area (Å²) in [7, 11) is 0. The molecule has 0 spiro atoms. The number of para-hydroxylation sites is 1. The maximum absolute atomic E-state index is 13.2. The van der Waals surface area contributed by atoms with Crippen LogP contribution < -0.4 is 0 Å². The first-order valence-corrected chi connectivity index (χ1v) is 9.69. The number of aryl methyl sites for hydroxylation is 1. The van der Waals surface area contributed by atoms with Crippen molar-refractivity contribution in [3.8, 4) is 0 Å². The first-order valence-electron chi connectivity index (χ1n) is 9.69. The quantitative estimate of drug-likeness (QED) is 0.376. The molecule has 4 rings (SSSR count). The summed E-state index contributed by atoms with van der Waals surface area (Å²) < 4.78 is 10.9. The van der Waals surface area contributed by atoms with Gasteiger partial charge in [-0.2, -0.15) is 0 Å². The molecule has 2 aromatic heterocycles. The Bertz CT molecular complexity index is 1080. The minimum atomic E-state index is -1.59. The molecule has 6 atom stereocenters. The largest absolute Gasteiger partial charge is 0.393 e. The molecule has 0 aliphatic carbocycles. The van der Waals surface area contributed by atoms with Gasteiger partial charge in [0.15, 0.2) is 6.29 Å². The van der Waals surface area contributed by atoms with E-state index in [9.17, 15) is 25.2 Å². The molecule has 1 fully saturated rings. The van der Waals surface area contributed by atoms with Crippen LogP contribution in [0.3, 0.4) is 0 Å². The predicted molar refractivity (Wildman–Crippen MR) is 107 cm³/mol. The smallest absolute Gasteiger partial charge is 0.214 e. The van der Waals surface area contributed by atoms with Crippen molar-refractivity contribution in [1.29, 1.82) is 0 Å². The van der Waals surface area contributed by atoms with Crippen LogP contribution in [-0.4, -0.2) is 79.6 Å². The van der Waals surface area contributed by atoms with Gasteiger partial charge in [-0.1, -0.05) is 18.2 Å². The summed E-state index contributed by atoms with van der Waals surface area (Å²) in [5.74, 6) is -0.599. The Kier molecular flexibility index (Phi) is 5.58. The molecule has 0 radical (unpaired) electrons. The van der Waals surface area contributed by atoms with Gasteiger partial charge >= 0.3 is 0 Å². The SMILES string of the molecule is Cc1cnc(C(=O)C(CO)OC2OC(C)C(O)C(O)C2O)c2[nH]c3ccccc3c12. The molecule has 9 heteroatoms. The van der Waals surface area contributed by atoms with Crippen LogP contribution in [0.2, 0.25) is 0 Å². The third-order valence-electron chi connectivity index (χ3n) is 5.52. The van der Waals surface area contributed by atoms with E-state index in [1.54, 1.807) is 6.20 Å². The Morgan fingerprint density at radius 1 is 1.23 bits per heavy atom. The van der Waals surface area contributed by atoms with Crippen LogP contribution in [0.4, 0.5) is 0 Å². The van der Waals surface area contributed by atoms with E-state index < -0.39 is 49.2 Å². The van der Waals surface area contributed by atoms with E-state index in [0.717, 1.165) is 21.9 Å². The van der Waals surface area contributed by atoms with E-state index in [1.807, 2.05) is 31.2 Å². The average molecular weight is 416 g/mol. The molecule has 30 heavy (non-hydrogen) atoms. The molecule has 6 unspecified atom stereocenters. The molecule has 1 aliphatic rings. The van der Waals surface area contributed by atoms with Gasteiger partial charge in [-0.25, -0.2) is 0 Å². The van der Waals surface area contributed by atoms with Gasteiger partial charge in [0.2, 0.25) is 5.78 Å². The van der Waals surface area contributed by atoms with Crippen molar-refractivity contribution < 1.29 is 34.7 Å². The topological polar surface area (TPSA) is 145 Å². The lowest BCUT2D eigenvalue weighted by molar-refractivity contribution is -0.301. The van der Waals surface area contributed by atoms with Gasteiger partial charge < -0.3 is 34.9 Å². The molecule has 3 heterocycles. The molecule has 160 valence electrons. The number of aliphatic hydroxyl groups is 4. The Balaban J connectivity index is 1.68. The lowest BCUT2D eigenvalue weighted by Gasteiger charge is -2.39.